The quantitative estimate of drug-likeness (QED) is 0.235. The van der Waals surface area contributed by atoms with Crippen molar-refractivity contribution in [2.45, 2.75) is 19.2 Å². The molecule has 0 saturated heterocycles. The van der Waals surface area contributed by atoms with E-state index in [4.69, 9.17) is 0 Å². The molecule has 1 rings (SSSR count). The first-order chi connectivity index (χ1) is 12.1. The topological polar surface area (TPSA) is 165 Å². The molecular formula is C10H4F5N3O9. The first-order valence-electron chi connectivity index (χ1n) is 6.06. The summed E-state index contributed by atoms with van der Waals surface area (Å²) in [5, 5.41) is 32.7. The lowest BCUT2D eigenvalue weighted by Gasteiger charge is -2.18. The Kier molecular flexibility index (Phi) is 5.48. The van der Waals surface area contributed by atoms with Crippen LogP contribution in [0.4, 0.5) is 43.8 Å². The molecule has 0 aliphatic heterocycles. The van der Waals surface area contributed by atoms with Crippen molar-refractivity contribution in [3.8, 4) is 5.75 Å². The molecule has 0 atom stereocenters. The highest BCUT2D eigenvalue weighted by Gasteiger charge is 2.62. The molecule has 0 spiro atoms. The van der Waals surface area contributed by atoms with E-state index in [0.29, 0.717) is 6.92 Å². The van der Waals surface area contributed by atoms with Gasteiger partial charge >= 0.3 is 35.5 Å². The van der Waals surface area contributed by atoms with Gasteiger partial charge in [0.25, 0.3) is 0 Å². The van der Waals surface area contributed by atoms with Crippen LogP contribution in [-0.2, 0) is 4.74 Å². The van der Waals surface area contributed by atoms with Gasteiger partial charge < -0.3 is 9.47 Å². The van der Waals surface area contributed by atoms with Gasteiger partial charge in [0.05, 0.1) is 20.8 Å². The van der Waals surface area contributed by atoms with Crippen LogP contribution in [0.25, 0.3) is 0 Å². The zero-order chi connectivity index (χ0) is 21.3. The minimum Gasteiger partial charge on any atom is -0.387 e. The summed E-state index contributed by atoms with van der Waals surface area (Å²) in [7, 11) is 0. The number of nitrogens with zero attached hydrogens (tertiary/aromatic N) is 3. The molecule has 0 saturated carbocycles. The van der Waals surface area contributed by atoms with E-state index in [2.05, 4.69) is 9.47 Å². The predicted octanol–water partition coefficient (Wildman–Crippen LogP) is 3.39. The summed E-state index contributed by atoms with van der Waals surface area (Å²) in [5.74, 6) is -1.52. The molecule has 1 aromatic rings. The third kappa shape index (κ3) is 4.30. The number of carbonyl (C=O) groups is 1. The number of nitro benzene ring substituents is 3. The maximum absolute atomic E-state index is 12.6. The van der Waals surface area contributed by atoms with Crippen LogP contribution in [0.5, 0.6) is 5.75 Å². The number of hydrogen-bond acceptors (Lipinski definition) is 9. The van der Waals surface area contributed by atoms with Gasteiger partial charge in [-0.3, -0.25) is 30.3 Å². The first-order valence-corrected chi connectivity index (χ1v) is 6.06. The summed E-state index contributed by atoms with van der Waals surface area (Å²) < 4.78 is 67.7. The molecule has 0 N–H and O–H groups in total. The fraction of sp³-hybridized carbons (Fsp3) is 0.300. The fourth-order valence-corrected chi connectivity index (χ4v) is 1.70. The molecule has 0 aromatic heterocycles. The van der Waals surface area contributed by atoms with E-state index in [1.54, 1.807) is 0 Å². The third-order valence-electron chi connectivity index (χ3n) is 2.75. The van der Waals surface area contributed by atoms with Crippen molar-refractivity contribution in [1.29, 1.82) is 0 Å². The highest BCUT2D eigenvalue weighted by molar-refractivity contribution is 5.75. The van der Waals surface area contributed by atoms with Gasteiger partial charge in [-0.1, -0.05) is 0 Å². The van der Waals surface area contributed by atoms with Crippen LogP contribution in [0.3, 0.4) is 0 Å². The molecule has 0 aliphatic carbocycles. The second-order valence-corrected chi connectivity index (χ2v) is 4.46. The number of rotatable bonds is 5. The minimum absolute atomic E-state index is 0.0593. The Labute approximate surface area is 142 Å². The van der Waals surface area contributed by atoms with E-state index in [1.807, 2.05) is 0 Å². The number of hydrogen-bond donors (Lipinski definition) is 0. The van der Waals surface area contributed by atoms with Crippen LogP contribution >= 0.6 is 0 Å². The maximum Gasteiger partial charge on any atom is 0.519 e. The van der Waals surface area contributed by atoms with Crippen LogP contribution in [0, 0.1) is 37.3 Å². The van der Waals surface area contributed by atoms with E-state index in [-0.39, 0.29) is 6.07 Å². The number of halogens is 5. The van der Waals surface area contributed by atoms with E-state index in [0.717, 1.165) is 0 Å². The minimum atomic E-state index is -6.35. The van der Waals surface area contributed by atoms with E-state index in [9.17, 15) is 57.1 Å². The molecular weight excluding hydrogens is 401 g/mol. The maximum atomic E-state index is 12.6. The van der Waals surface area contributed by atoms with Crippen molar-refractivity contribution in [3.05, 3.63) is 42.0 Å². The molecule has 0 aliphatic rings. The summed E-state index contributed by atoms with van der Waals surface area (Å²) in [4.78, 5) is 39.6. The van der Waals surface area contributed by atoms with Gasteiger partial charge in [0.15, 0.2) is 0 Å². The largest absolute Gasteiger partial charge is 0.519 e. The second-order valence-electron chi connectivity index (χ2n) is 4.46. The lowest BCUT2D eigenvalue weighted by molar-refractivity contribution is -0.425. The third-order valence-corrected chi connectivity index (χ3v) is 2.75. The molecule has 148 valence electrons. The van der Waals surface area contributed by atoms with E-state index in [1.165, 1.54) is 0 Å². The number of nitro groups is 3. The Morgan fingerprint density at radius 1 is 0.963 bits per heavy atom. The predicted molar refractivity (Wildman–Crippen MR) is 69.3 cm³/mol. The zero-order valence-electron chi connectivity index (χ0n) is 12.5. The molecule has 0 heterocycles. The molecule has 0 unspecified atom stereocenters. The van der Waals surface area contributed by atoms with Gasteiger partial charge in [0.1, 0.15) is 5.56 Å². The number of carbonyl (C=O) groups excluding carboxylic acids is 1. The summed E-state index contributed by atoms with van der Waals surface area (Å²) in [6.45, 7) is 0.631. The molecule has 17 heteroatoms. The molecule has 0 amide bonds. The van der Waals surface area contributed by atoms with Crippen molar-refractivity contribution < 1.29 is 51.0 Å². The first kappa shape index (κ1) is 21.4. The summed E-state index contributed by atoms with van der Waals surface area (Å²) in [5.41, 5.74) is -5.31. The Morgan fingerprint density at radius 2 is 1.44 bits per heavy atom. The van der Waals surface area contributed by atoms with Gasteiger partial charge in [-0.2, -0.15) is 22.0 Å². The van der Waals surface area contributed by atoms with E-state index < -0.39 is 61.6 Å². The zero-order valence-corrected chi connectivity index (χ0v) is 12.5. The lowest BCUT2D eigenvalue weighted by Crippen LogP contribution is -2.41. The Hall–Kier alpha value is -3.66. The van der Waals surface area contributed by atoms with Crippen LogP contribution in [0.15, 0.2) is 6.07 Å². The molecule has 0 fully saturated rings. The molecule has 27 heavy (non-hydrogen) atoms. The highest BCUT2D eigenvalue weighted by atomic mass is 19.4. The Balaban J connectivity index is 3.47. The van der Waals surface area contributed by atoms with Crippen LogP contribution in [-0.4, -0.2) is 33.2 Å². The number of benzene rings is 1. The van der Waals surface area contributed by atoms with Crippen molar-refractivity contribution in [1.82, 2.24) is 0 Å². The molecule has 1 aromatic carbocycles. The van der Waals surface area contributed by atoms with Crippen LogP contribution in [0.1, 0.15) is 5.56 Å². The summed E-state index contributed by atoms with van der Waals surface area (Å²) >= 11 is 0. The van der Waals surface area contributed by atoms with Crippen LogP contribution < -0.4 is 4.74 Å². The summed E-state index contributed by atoms with van der Waals surface area (Å²) in [6.07, 6.45) is -15.2. The van der Waals surface area contributed by atoms with Gasteiger partial charge in [-0.05, 0) is 6.92 Å². The van der Waals surface area contributed by atoms with Gasteiger partial charge in [0, 0.05) is 0 Å². The Bertz CT molecular complexity index is 839. The van der Waals surface area contributed by atoms with Crippen molar-refractivity contribution >= 4 is 23.2 Å². The SMILES string of the molecule is Cc1c([N+](=O)[O-])c(OC(=O)OC(F)(F)C(F)(F)F)cc([N+](=O)[O-])c1[N+](=O)[O-]. The van der Waals surface area contributed by atoms with Gasteiger partial charge in [-0.15, -0.1) is 0 Å². The second kappa shape index (κ2) is 6.92. The Morgan fingerprint density at radius 3 is 1.81 bits per heavy atom. The van der Waals surface area contributed by atoms with Crippen molar-refractivity contribution in [2.75, 3.05) is 0 Å². The number of alkyl halides is 5. The highest BCUT2D eigenvalue weighted by Crippen LogP contribution is 2.43. The smallest absolute Gasteiger partial charge is 0.387 e. The molecule has 0 bridgehead atoms. The fourth-order valence-electron chi connectivity index (χ4n) is 1.70. The van der Waals surface area contributed by atoms with Gasteiger partial charge in [-0.25, -0.2) is 4.79 Å². The molecule has 0 radical (unpaired) electrons. The van der Waals surface area contributed by atoms with Crippen molar-refractivity contribution in [3.63, 3.8) is 0 Å². The number of ether oxygens (including phenoxy) is 2. The van der Waals surface area contributed by atoms with Crippen LogP contribution in [0.2, 0.25) is 0 Å². The van der Waals surface area contributed by atoms with E-state index >= 15 is 0 Å². The average molecular weight is 405 g/mol. The molecule has 12 nitrogen and oxygen atoms in total. The monoisotopic (exact) mass is 405 g/mol. The lowest BCUT2D eigenvalue weighted by atomic mass is 10.1. The average Bonchev–Trinajstić information content (AvgIpc) is 2.43. The van der Waals surface area contributed by atoms with Crippen molar-refractivity contribution in [2.24, 2.45) is 0 Å². The van der Waals surface area contributed by atoms with Gasteiger partial charge in [0.2, 0.25) is 5.75 Å². The standard InChI is InChI=1S/C10H4F5N3O9/c1-3-6(17(22)23)4(16(20)21)2-5(7(3)18(24)25)26-8(19)27-10(14,15)9(11,12)13/h2H,1H3. The summed E-state index contributed by atoms with van der Waals surface area (Å²) in [6, 6.07) is -0.0593. The normalized spacial score (nSPS) is 11.6.